The van der Waals surface area contributed by atoms with E-state index in [2.05, 4.69) is 15.9 Å². The van der Waals surface area contributed by atoms with E-state index in [-0.39, 0.29) is 12.4 Å². The first-order valence-electron chi connectivity index (χ1n) is 4.52. The van der Waals surface area contributed by atoms with Crippen LogP contribution in [0.3, 0.4) is 0 Å². The third-order valence-electron chi connectivity index (χ3n) is 1.85. The topological polar surface area (TPSA) is 29.5 Å². The molecule has 0 amide bonds. The molecule has 0 aliphatic heterocycles. The van der Waals surface area contributed by atoms with E-state index in [9.17, 15) is 13.2 Å². The molecule has 0 heterocycles. The number of rotatable bonds is 4. The minimum absolute atomic E-state index is 0.259. The molecule has 2 nitrogen and oxygen atoms in total. The molecule has 0 fully saturated rings. The van der Waals surface area contributed by atoms with Crippen molar-refractivity contribution in [2.45, 2.75) is 19.2 Å². The number of benzene rings is 1. The average Bonchev–Trinajstić information content (AvgIpc) is 2.18. The second kappa shape index (κ2) is 5.54. The molecule has 90 valence electrons. The first kappa shape index (κ1) is 13.3. The number of alkyl halides is 3. The molecular formula is C10H10BrF3O2. The molecule has 16 heavy (non-hydrogen) atoms. The lowest BCUT2D eigenvalue weighted by atomic mass is 10.2. The van der Waals surface area contributed by atoms with Gasteiger partial charge in [-0.1, -0.05) is 12.1 Å². The van der Waals surface area contributed by atoms with Crippen molar-refractivity contribution in [3.8, 4) is 5.75 Å². The van der Waals surface area contributed by atoms with Gasteiger partial charge in [0.1, 0.15) is 5.75 Å². The zero-order valence-corrected chi connectivity index (χ0v) is 9.81. The van der Waals surface area contributed by atoms with Crippen LogP contribution in [0.1, 0.15) is 12.0 Å². The van der Waals surface area contributed by atoms with E-state index in [1.807, 2.05) is 0 Å². The lowest BCUT2D eigenvalue weighted by Crippen LogP contribution is -2.13. The minimum Gasteiger partial charge on any atom is -0.492 e. The van der Waals surface area contributed by atoms with Crippen molar-refractivity contribution in [3.05, 3.63) is 28.2 Å². The maximum absolute atomic E-state index is 11.9. The molecule has 1 rings (SSSR count). The molecule has 0 unspecified atom stereocenters. The van der Waals surface area contributed by atoms with Crippen molar-refractivity contribution >= 4 is 15.9 Å². The summed E-state index contributed by atoms with van der Waals surface area (Å²) in [5, 5.41) is 8.98. The van der Waals surface area contributed by atoms with Gasteiger partial charge in [0, 0.05) is 5.56 Å². The Kier molecular flexibility index (Phi) is 4.61. The van der Waals surface area contributed by atoms with E-state index >= 15 is 0 Å². The van der Waals surface area contributed by atoms with E-state index in [1.54, 1.807) is 18.2 Å². The number of hydrogen-bond acceptors (Lipinski definition) is 2. The summed E-state index contributed by atoms with van der Waals surface area (Å²) in [6.07, 6.45) is -5.25. The monoisotopic (exact) mass is 298 g/mol. The second-order valence-electron chi connectivity index (χ2n) is 3.10. The fraction of sp³-hybridized carbons (Fsp3) is 0.400. The van der Waals surface area contributed by atoms with E-state index in [1.165, 1.54) is 0 Å². The lowest BCUT2D eigenvalue weighted by molar-refractivity contribution is -0.139. The van der Waals surface area contributed by atoms with Gasteiger partial charge in [-0.15, -0.1) is 0 Å². The number of aliphatic hydroxyl groups is 1. The van der Waals surface area contributed by atoms with Gasteiger partial charge < -0.3 is 9.84 Å². The van der Waals surface area contributed by atoms with Gasteiger partial charge in [0.15, 0.2) is 0 Å². The number of hydrogen-bond donors (Lipinski definition) is 1. The van der Waals surface area contributed by atoms with E-state index in [4.69, 9.17) is 9.84 Å². The molecule has 0 spiro atoms. The quantitative estimate of drug-likeness (QED) is 0.924. The summed E-state index contributed by atoms with van der Waals surface area (Å²) in [7, 11) is 0. The van der Waals surface area contributed by atoms with Crippen molar-refractivity contribution < 1.29 is 23.0 Å². The summed E-state index contributed by atoms with van der Waals surface area (Å²) in [5.41, 5.74) is 0.455. The molecule has 0 atom stereocenters. The zero-order valence-electron chi connectivity index (χ0n) is 8.22. The fourth-order valence-corrected chi connectivity index (χ4v) is 1.63. The van der Waals surface area contributed by atoms with Gasteiger partial charge in [0.25, 0.3) is 0 Å². The Balaban J connectivity index is 2.66. The van der Waals surface area contributed by atoms with Crippen molar-refractivity contribution in [3.63, 3.8) is 0 Å². The fourth-order valence-electron chi connectivity index (χ4n) is 1.11. The first-order chi connectivity index (χ1) is 7.44. The normalized spacial score (nSPS) is 11.6. The highest BCUT2D eigenvalue weighted by molar-refractivity contribution is 9.10. The molecule has 1 aromatic rings. The Morgan fingerprint density at radius 3 is 2.56 bits per heavy atom. The van der Waals surface area contributed by atoms with Crippen molar-refractivity contribution in [2.24, 2.45) is 0 Å². The Labute approximate surface area is 99.2 Å². The molecule has 0 aromatic heterocycles. The number of halogens is 4. The van der Waals surface area contributed by atoms with Crippen LogP contribution in [-0.2, 0) is 6.61 Å². The Morgan fingerprint density at radius 1 is 1.31 bits per heavy atom. The van der Waals surface area contributed by atoms with Gasteiger partial charge in [-0.05, 0) is 22.0 Å². The Bertz CT molecular complexity index is 352. The van der Waals surface area contributed by atoms with Gasteiger partial charge in [0.05, 0.1) is 24.1 Å². The molecule has 0 aliphatic rings. The molecule has 6 heteroatoms. The number of aliphatic hydroxyl groups excluding tert-OH is 1. The molecule has 0 bridgehead atoms. The summed E-state index contributed by atoms with van der Waals surface area (Å²) >= 11 is 3.15. The second-order valence-corrected chi connectivity index (χ2v) is 3.95. The highest BCUT2D eigenvalue weighted by atomic mass is 79.9. The maximum Gasteiger partial charge on any atom is 0.392 e. The van der Waals surface area contributed by atoms with Gasteiger partial charge in [-0.2, -0.15) is 13.2 Å². The Morgan fingerprint density at radius 2 is 2.00 bits per heavy atom. The smallest absolute Gasteiger partial charge is 0.392 e. The summed E-state index contributed by atoms with van der Waals surface area (Å²) in [5.74, 6) is 0.259. The van der Waals surface area contributed by atoms with Crippen molar-refractivity contribution in [1.82, 2.24) is 0 Å². The van der Waals surface area contributed by atoms with Gasteiger partial charge in [-0.25, -0.2) is 0 Å². The van der Waals surface area contributed by atoms with Crippen LogP contribution in [0, 0.1) is 0 Å². The van der Waals surface area contributed by atoms with Crippen LogP contribution in [-0.4, -0.2) is 17.9 Å². The van der Waals surface area contributed by atoms with Crippen molar-refractivity contribution in [1.29, 1.82) is 0 Å². The van der Waals surface area contributed by atoms with Crippen LogP contribution in [0.5, 0.6) is 5.75 Å². The standard InChI is InChI=1S/C10H10BrF3O2/c11-8-3-1-2-7(6-15)9(8)16-5-4-10(12,13)14/h1-3,15H,4-6H2. The summed E-state index contributed by atoms with van der Waals surface area (Å²) in [6, 6.07) is 4.90. The third-order valence-corrected chi connectivity index (χ3v) is 2.48. The predicted molar refractivity (Wildman–Crippen MR) is 56.2 cm³/mol. The molecular weight excluding hydrogens is 289 g/mol. The largest absolute Gasteiger partial charge is 0.492 e. The predicted octanol–water partition coefficient (Wildman–Crippen LogP) is 3.27. The summed E-state index contributed by atoms with van der Waals surface area (Å²) in [6.45, 7) is -0.736. The number of ether oxygens (including phenoxy) is 1. The van der Waals surface area contributed by atoms with Gasteiger partial charge in [0.2, 0.25) is 0 Å². The van der Waals surface area contributed by atoms with E-state index in [0.717, 1.165) is 0 Å². The molecule has 1 aromatic carbocycles. The minimum atomic E-state index is -4.24. The van der Waals surface area contributed by atoms with Gasteiger partial charge in [-0.3, -0.25) is 0 Å². The lowest BCUT2D eigenvalue weighted by Gasteiger charge is -2.12. The van der Waals surface area contributed by atoms with Crippen LogP contribution < -0.4 is 4.74 Å². The van der Waals surface area contributed by atoms with E-state index in [0.29, 0.717) is 10.0 Å². The molecule has 0 saturated heterocycles. The first-order valence-corrected chi connectivity index (χ1v) is 5.31. The van der Waals surface area contributed by atoms with E-state index < -0.39 is 19.2 Å². The average molecular weight is 299 g/mol. The molecule has 0 saturated carbocycles. The molecule has 0 aliphatic carbocycles. The van der Waals surface area contributed by atoms with Crippen LogP contribution in [0.2, 0.25) is 0 Å². The number of para-hydroxylation sites is 1. The molecule has 0 radical (unpaired) electrons. The highest BCUT2D eigenvalue weighted by Gasteiger charge is 2.27. The van der Waals surface area contributed by atoms with Gasteiger partial charge >= 0.3 is 6.18 Å². The highest BCUT2D eigenvalue weighted by Crippen LogP contribution is 2.30. The summed E-state index contributed by atoms with van der Waals surface area (Å²) < 4.78 is 41.2. The Hall–Kier alpha value is -0.750. The van der Waals surface area contributed by atoms with Crippen LogP contribution in [0.15, 0.2) is 22.7 Å². The molecule has 1 N–H and O–H groups in total. The summed E-state index contributed by atoms with van der Waals surface area (Å²) in [4.78, 5) is 0. The SMILES string of the molecule is OCc1cccc(Br)c1OCCC(F)(F)F. The van der Waals surface area contributed by atoms with Crippen molar-refractivity contribution in [2.75, 3.05) is 6.61 Å². The van der Waals surface area contributed by atoms with Crippen LogP contribution >= 0.6 is 15.9 Å². The van der Waals surface area contributed by atoms with Crippen LogP contribution in [0.25, 0.3) is 0 Å². The van der Waals surface area contributed by atoms with Crippen LogP contribution in [0.4, 0.5) is 13.2 Å². The maximum atomic E-state index is 11.9. The zero-order chi connectivity index (χ0) is 12.2. The third kappa shape index (κ3) is 4.02.